The van der Waals surface area contributed by atoms with Crippen molar-refractivity contribution in [3.8, 4) is 0 Å². The van der Waals surface area contributed by atoms with Gasteiger partial charge in [0.25, 0.3) is 0 Å². The number of hydrogen-bond acceptors (Lipinski definition) is 3. The Morgan fingerprint density at radius 3 is 1.67 bits per heavy atom. The summed E-state index contributed by atoms with van der Waals surface area (Å²) in [5, 5.41) is 8.24. The van der Waals surface area contributed by atoms with Gasteiger partial charge in [-0.05, 0) is 18.3 Å². The lowest BCUT2D eigenvalue weighted by Crippen LogP contribution is -2.05. The van der Waals surface area contributed by atoms with Crippen molar-refractivity contribution in [3.63, 3.8) is 0 Å². The molecule has 0 aromatic heterocycles. The van der Waals surface area contributed by atoms with Gasteiger partial charge in [-0.25, -0.2) is 5.90 Å². The molecule has 3 heteroatoms. The second-order valence-electron chi connectivity index (χ2n) is 3.63. The molecular formula is C9H23NO2. The Labute approximate surface area is 75.9 Å². The molecule has 0 amide bonds. The summed E-state index contributed by atoms with van der Waals surface area (Å²) < 4.78 is 0. The van der Waals surface area contributed by atoms with E-state index in [-0.39, 0.29) is 0 Å². The topological polar surface area (TPSA) is 55.5 Å². The number of aliphatic hydroxyl groups excluding tert-OH is 1. The van der Waals surface area contributed by atoms with Crippen molar-refractivity contribution in [2.45, 2.75) is 34.1 Å². The standard InChI is InChI=1S/C5H12O.C4H11NO/c1-5(2)3-4-6;1-4(2)3-6-5/h5-6H,3-4H2,1-2H3;4H,3,5H2,1-2H3. The van der Waals surface area contributed by atoms with E-state index in [1.807, 2.05) is 13.8 Å². The van der Waals surface area contributed by atoms with Gasteiger partial charge in [0.1, 0.15) is 0 Å². The van der Waals surface area contributed by atoms with E-state index in [1.54, 1.807) is 0 Å². The summed E-state index contributed by atoms with van der Waals surface area (Å²) in [6, 6.07) is 0. The maximum atomic E-state index is 8.24. The molecule has 0 fully saturated rings. The van der Waals surface area contributed by atoms with Gasteiger partial charge < -0.3 is 9.94 Å². The molecule has 3 nitrogen and oxygen atoms in total. The molecule has 12 heavy (non-hydrogen) atoms. The van der Waals surface area contributed by atoms with Gasteiger partial charge in [-0.3, -0.25) is 0 Å². The summed E-state index contributed by atoms with van der Waals surface area (Å²) in [5.41, 5.74) is 0. The van der Waals surface area contributed by atoms with Crippen molar-refractivity contribution in [1.82, 2.24) is 0 Å². The zero-order valence-corrected chi connectivity index (χ0v) is 8.71. The van der Waals surface area contributed by atoms with E-state index in [0.717, 1.165) is 6.42 Å². The number of rotatable bonds is 4. The summed E-state index contributed by atoms with van der Waals surface area (Å²) >= 11 is 0. The highest BCUT2D eigenvalue weighted by atomic mass is 16.6. The Morgan fingerprint density at radius 2 is 1.67 bits per heavy atom. The van der Waals surface area contributed by atoms with Gasteiger partial charge in [-0.15, -0.1) is 0 Å². The van der Waals surface area contributed by atoms with Gasteiger partial charge >= 0.3 is 0 Å². The SMILES string of the molecule is CC(C)CCO.CC(C)CON. The zero-order valence-electron chi connectivity index (χ0n) is 8.71. The average molecular weight is 177 g/mol. The van der Waals surface area contributed by atoms with Crippen LogP contribution in [0.2, 0.25) is 0 Å². The van der Waals surface area contributed by atoms with E-state index in [1.165, 1.54) is 0 Å². The summed E-state index contributed by atoms with van der Waals surface area (Å²) in [6.07, 6.45) is 0.931. The first kappa shape index (κ1) is 14.4. The Kier molecular flexibility index (Phi) is 13.1. The fourth-order valence-electron chi connectivity index (χ4n) is 0.451. The number of hydrogen-bond donors (Lipinski definition) is 2. The van der Waals surface area contributed by atoms with Crippen LogP contribution in [0.4, 0.5) is 0 Å². The average Bonchev–Trinajstić information content (AvgIpc) is 1.87. The van der Waals surface area contributed by atoms with Crippen LogP contribution in [0.15, 0.2) is 0 Å². The fourth-order valence-corrected chi connectivity index (χ4v) is 0.451. The first-order valence-electron chi connectivity index (χ1n) is 4.47. The number of aliphatic hydroxyl groups is 1. The molecule has 0 saturated heterocycles. The second kappa shape index (κ2) is 10.9. The van der Waals surface area contributed by atoms with Gasteiger partial charge in [0.05, 0.1) is 6.61 Å². The highest BCUT2D eigenvalue weighted by Gasteiger charge is 1.87. The van der Waals surface area contributed by atoms with Gasteiger partial charge in [0.2, 0.25) is 0 Å². The smallest absolute Gasteiger partial charge is 0.0702 e. The summed E-state index contributed by atoms with van der Waals surface area (Å²) in [7, 11) is 0. The third kappa shape index (κ3) is 22.5. The first-order valence-corrected chi connectivity index (χ1v) is 4.47. The monoisotopic (exact) mass is 177 g/mol. The second-order valence-corrected chi connectivity index (χ2v) is 3.63. The van der Waals surface area contributed by atoms with Crippen LogP contribution in [-0.2, 0) is 4.84 Å². The predicted molar refractivity (Wildman–Crippen MR) is 51.5 cm³/mol. The predicted octanol–water partition coefficient (Wildman–Crippen LogP) is 1.56. The lowest BCUT2D eigenvalue weighted by molar-refractivity contribution is 0.112. The maximum absolute atomic E-state index is 8.24. The highest BCUT2D eigenvalue weighted by Crippen LogP contribution is 1.94. The molecule has 0 atom stereocenters. The molecule has 0 rings (SSSR count). The molecule has 0 spiro atoms. The summed E-state index contributed by atoms with van der Waals surface area (Å²) in [6.45, 7) is 9.27. The lowest BCUT2D eigenvalue weighted by Gasteiger charge is -1.96. The first-order chi connectivity index (χ1) is 5.54. The van der Waals surface area contributed by atoms with Crippen molar-refractivity contribution in [3.05, 3.63) is 0 Å². The minimum absolute atomic E-state index is 0.331. The Bertz CT molecular complexity index is 64.9. The van der Waals surface area contributed by atoms with E-state index in [9.17, 15) is 0 Å². The Hall–Kier alpha value is -0.120. The van der Waals surface area contributed by atoms with Crippen LogP contribution >= 0.6 is 0 Å². The minimum Gasteiger partial charge on any atom is -0.396 e. The zero-order chi connectivity index (χ0) is 9.98. The van der Waals surface area contributed by atoms with Gasteiger partial charge in [-0.1, -0.05) is 27.7 Å². The van der Waals surface area contributed by atoms with Crippen molar-refractivity contribution in [2.75, 3.05) is 13.2 Å². The van der Waals surface area contributed by atoms with Crippen LogP contribution in [0.25, 0.3) is 0 Å². The normalized spacial score (nSPS) is 10.0. The molecule has 0 aromatic rings. The van der Waals surface area contributed by atoms with Gasteiger partial charge in [0.15, 0.2) is 0 Å². The van der Waals surface area contributed by atoms with Crippen LogP contribution in [0.3, 0.4) is 0 Å². The molecule has 3 N–H and O–H groups in total. The van der Waals surface area contributed by atoms with Crippen molar-refractivity contribution < 1.29 is 9.94 Å². The Morgan fingerprint density at radius 1 is 1.17 bits per heavy atom. The third-order valence-electron chi connectivity index (χ3n) is 1.14. The largest absolute Gasteiger partial charge is 0.396 e. The summed E-state index contributed by atoms with van der Waals surface area (Å²) in [4.78, 5) is 4.30. The van der Waals surface area contributed by atoms with Crippen LogP contribution in [0, 0.1) is 11.8 Å². The van der Waals surface area contributed by atoms with Gasteiger partial charge in [0, 0.05) is 6.61 Å². The van der Waals surface area contributed by atoms with Crippen molar-refractivity contribution >= 4 is 0 Å². The van der Waals surface area contributed by atoms with Crippen LogP contribution < -0.4 is 5.90 Å². The molecule has 0 aliphatic carbocycles. The lowest BCUT2D eigenvalue weighted by atomic mass is 10.2. The molecule has 0 unspecified atom stereocenters. The van der Waals surface area contributed by atoms with E-state index >= 15 is 0 Å². The van der Waals surface area contributed by atoms with Crippen LogP contribution in [-0.4, -0.2) is 18.3 Å². The molecule has 76 valence electrons. The van der Waals surface area contributed by atoms with Crippen molar-refractivity contribution in [2.24, 2.45) is 17.7 Å². The van der Waals surface area contributed by atoms with E-state index in [4.69, 9.17) is 11.0 Å². The molecule has 0 aliphatic heterocycles. The number of nitrogens with two attached hydrogens (primary N) is 1. The fraction of sp³-hybridized carbons (Fsp3) is 1.00. The molecular weight excluding hydrogens is 154 g/mol. The van der Waals surface area contributed by atoms with E-state index < -0.39 is 0 Å². The molecule has 0 bridgehead atoms. The summed E-state index contributed by atoms with van der Waals surface area (Å²) in [5.74, 6) is 5.93. The van der Waals surface area contributed by atoms with Crippen LogP contribution in [0.5, 0.6) is 0 Å². The molecule has 0 aromatic carbocycles. The minimum atomic E-state index is 0.331. The molecule has 0 aliphatic rings. The van der Waals surface area contributed by atoms with Gasteiger partial charge in [-0.2, -0.15) is 0 Å². The highest BCUT2D eigenvalue weighted by molar-refractivity contribution is 4.38. The van der Waals surface area contributed by atoms with Crippen LogP contribution in [0.1, 0.15) is 34.1 Å². The van der Waals surface area contributed by atoms with Crippen molar-refractivity contribution in [1.29, 1.82) is 0 Å². The molecule has 0 radical (unpaired) electrons. The van der Waals surface area contributed by atoms with E-state index in [2.05, 4.69) is 18.7 Å². The molecule has 0 heterocycles. The van der Waals surface area contributed by atoms with E-state index in [0.29, 0.717) is 25.0 Å². The third-order valence-corrected chi connectivity index (χ3v) is 1.14. The Balaban J connectivity index is 0. The maximum Gasteiger partial charge on any atom is 0.0702 e. The quantitative estimate of drug-likeness (QED) is 0.641. The molecule has 0 saturated carbocycles.